The molecule has 1 atom stereocenters. The van der Waals surface area contributed by atoms with Gasteiger partial charge in [-0.05, 0) is 37.3 Å². The van der Waals surface area contributed by atoms with Gasteiger partial charge in [0, 0.05) is 63.9 Å². The van der Waals surface area contributed by atoms with Gasteiger partial charge in [-0.25, -0.2) is 0 Å². The quantitative estimate of drug-likeness (QED) is 0.514. The van der Waals surface area contributed by atoms with Crippen LogP contribution in [-0.2, 0) is 6.42 Å². The molecule has 8 heteroatoms. The number of rotatable bonds is 7. The Bertz CT molecular complexity index is 824. The van der Waals surface area contributed by atoms with Crippen LogP contribution in [0.2, 0.25) is 0 Å². The predicted molar refractivity (Wildman–Crippen MR) is 111 cm³/mol. The fourth-order valence-corrected chi connectivity index (χ4v) is 4.15. The number of allylic oxidation sites excluding steroid dienone is 2. The summed E-state index contributed by atoms with van der Waals surface area (Å²) in [4.78, 5) is 25.9. The topological polar surface area (TPSA) is 92.8 Å². The number of non-ortho nitro benzene ring substituents is 1. The van der Waals surface area contributed by atoms with Crippen LogP contribution >= 0.6 is 0 Å². The van der Waals surface area contributed by atoms with Gasteiger partial charge in [0.2, 0.25) is 5.70 Å². The molecule has 29 heavy (non-hydrogen) atoms. The smallest absolute Gasteiger partial charge is 0.269 e. The minimum Gasteiger partial charge on any atom is -0.300 e. The van der Waals surface area contributed by atoms with Gasteiger partial charge in [0.1, 0.15) is 0 Å². The summed E-state index contributed by atoms with van der Waals surface area (Å²) in [5.41, 5.74) is 3.83. The van der Waals surface area contributed by atoms with Crippen molar-refractivity contribution in [3.63, 3.8) is 0 Å². The van der Waals surface area contributed by atoms with Gasteiger partial charge in [-0.1, -0.05) is 17.7 Å². The van der Waals surface area contributed by atoms with Crippen molar-refractivity contribution in [1.29, 1.82) is 0 Å². The first kappa shape index (κ1) is 21.1. The van der Waals surface area contributed by atoms with Gasteiger partial charge in [0.05, 0.1) is 9.85 Å². The van der Waals surface area contributed by atoms with E-state index >= 15 is 0 Å². The lowest BCUT2D eigenvalue weighted by atomic mass is 10.1. The van der Waals surface area contributed by atoms with Crippen molar-refractivity contribution in [2.45, 2.75) is 39.2 Å². The Kier molecular flexibility index (Phi) is 6.76. The minimum absolute atomic E-state index is 0.130. The Morgan fingerprint density at radius 1 is 1.10 bits per heavy atom. The maximum Gasteiger partial charge on any atom is 0.269 e. The molecule has 1 aromatic carbocycles. The standard InChI is InChI=1S/C21H28N4O4/c1-16-13-21(15-19(16)14-17(2)24(26)27)23-11-9-22(10-12-23)8-7-18-3-5-20(6-4-18)25(28)29/h3-6,14,21H,7-13,15H2,1-2H3/b17-14+. The normalized spacial score (nSPS) is 21.6. The number of hydrogen-bond donors (Lipinski definition) is 0. The zero-order valence-electron chi connectivity index (χ0n) is 17.0. The summed E-state index contributed by atoms with van der Waals surface area (Å²) < 4.78 is 0. The molecule has 1 aliphatic carbocycles. The Balaban J connectivity index is 1.44. The van der Waals surface area contributed by atoms with Gasteiger partial charge >= 0.3 is 0 Å². The van der Waals surface area contributed by atoms with Crippen molar-refractivity contribution < 1.29 is 9.85 Å². The number of nitro benzene ring substituents is 1. The van der Waals surface area contributed by atoms with Gasteiger partial charge in [-0.15, -0.1) is 0 Å². The first-order valence-electron chi connectivity index (χ1n) is 10.0. The molecular formula is C21H28N4O4. The largest absolute Gasteiger partial charge is 0.300 e. The number of hydrogen-bond acceptors (Lipinski definition) is 6. The first-order valence-corrected chi connectivity index (χ1v) is 10.0. The number of piperazine rings is 1. The van der Waals surface area contributed by atoms with E-state index in [1.54, 1.807) is 25.1 Å². The van der Waals surface area contributed by atoms with E-state index in [4.69, 9.17) is 0 Å². The molecule has 1 heterocycles. The molecule has 0 saturated carbocycles. The highest BCUT2D eigenvalue weighted by molar-refractivity contribution is 5.33. The van der Waals surface area contributed by atoms with Crippen LogP contribution < -0.4 is 0 Å². The third kappa shape index (κ3) is 5.48. The highest BCUT2D eigenvalue weighted by atomic mass is 16.6. The van der Waals surface area contributed by atoms with Crippen molar-refractivity contribution in [1.82, 2.24) is 9.80 Å². The van der Waals surface area contributed by atoms with Crippen LogP contribution in [0.15, 0.2) is 47.2 Å². The highest BCUT2D eigenvalue weighted by Gasteiger charge is 2.29. The van der Waals surface area contributed by atoms with Crippen LogP contribution in [0.4, 0.5) is 5.69 Å². The molecule has 1 fully saturated rings. The third-order valence-corrected chi connectivity index (χ3v) is 6.00. The molecule has 1 aromatic rings. The van der Waals surface area contributed by atoms with Crippen molar-refractivity contribution >= 4 is 5.69 Å². The molecule has 0 radical (unpaired) electrons. The number of nitro groups is 2. The highest BCUT2D eigenvalue weighted by Crippen LogP contribution is 2.32. The molecule has 0 amide bonds. The van der Waals surface area contributed by atoms with Crippen LogP contribution in [0.25, 0.3) is 0 Å². The van der Waals surface area contributed by atoms with E-state index < -0.39 is 0 Å². The molecule has 3 rings (SSSR count). The van der Waals surface area contributed by atoms with Gasteiger partial charge in [-0.3, -0.25) is 25.1 Å². The lowest BCUT2D eigenvalue weighted by Gasteiger charge is -2.38. The lowest BCUT2D eigenvalue weighted by Crippen LogP contribution is -2.50. The summed E-state index contributed by atoms with van der Waals surface area (Å²) in [6, 6.07) is 7.25. The van der Waals surface area contributed by atoms with Gasteiger partial charge in [-0.2, -0.15) is 0 Å². The van der Waals surface area contributed by atoms with Crippen molar-refractivity contribution in [3.8, 4) is 0 Å². The summed E-state index contributed by atoms with van der Waals surface area (Å²) in [7, 11) is 0. The molecule has 0 spiro atoms. The van der Waals surface area contributed by atoms with E-state index in [-0.39, 0.29) is 21.2 Å². The van der Waals surface area contributed by atoms with Crippen LogP contribution in [-0.4, -0.2) is 58.4 Å². The monoisotopic (exact) mass is 400 g/mol. The average molecular weight is 400 g/mol. The van der Waals surface area contributed by atoms with Crippen molar-refractivity contribution in [2.75, 3.05) is 32.7 Å². The Morgan fingerprint density at radius 3 is 2.34 bits per heavy atom. The third-order valence-electron chi connectivity index (χ3n) is 6.00. The molecule has 0 bridgehead atoms. The molecule has 0 aromatic heterocycles. The number of benzene rings is 1. The second kappa shape index (κ2) is 9.28. The minimum atomic E-state index is -0.373. The average Bonchev–Trinajstić information content (AvgIpc) is 3.07. The van der Waals surface area contributed by atoms with E-state index in [1.165, 1.54) is 5.57 Å². The summed E-state index contributed by atoms with van der Waals surface area (Å²) in [5.74, 6) is 0. The second-order valence-corrected chi connectivity index (χ2v) is 7.96. The van der Waals surface area contributed by atoms with E-state index in [1.807, 2.05) is 12.1 Å². The van der Waals surface area contributed by atoms with Crippen molar-refractivity contribution in [2.24, 2.45) is 0 Å². The van der Waals surface area contributed by atoms with E-state index in [2.05, 4.69) is 16.7 Å². The van der Waals surface area contributed by atoms with Crippen LogP contribution in [0, 0.1) is 20.2 Å². The van der Waals surface area contributed by atoms with Gasteiger partial charge in [0.15, 0.2) is 0 Å². The Labute approximate surface area is 170 Å². The summed E-state index contributed by atoms with van der Waals surface area (Å²) >= 11 is 0. The van der Waals surface area contributed by atoms with Gasteiger partial charge in [0.25, 0.3) is 5.69 Å². The SMILES string of the molecule is CC1=C(/C=C(\C)[N+](=O)[O-])CC(N2CCN(CCc3ccc([N+](=O)[O-])cc3)CC2)C1. The summed E-state index contributed by atoms with van der Waals surface area (Å²) in [6.07, 6.45) is 4.49. The molecule has 156 valence electrons. The fourth-order valence-electron chi connectivity index (χ4n) is 4.15. The van der Waals surface area contributed by atoms with Gasteiger partial charge < -0.3 is 4.90 Å². The summed E-state index contributed by atoms with van der Waals surface area (Å²) in [5, 5.41) is 21.6. The molecule has 8 nitrogen and oxygen atoms in total. The zero-order chi connectivity index (χ0) is 21.0. The molecule has 0 N–H and O–H groups in total. The Hall–Kier alpha value is -2.58. The van der Waals surface area contributed by atoms with Crippen LogP contribution in [0.5, 0.6) is 0 Å². The Morgan fingerprint density at radius 2 is 1.76 bits per heavy atom. The predicted octanol–water partition coefficient (Wildman–Crippen LogP) is 3.41. The first-order chi connectivity index (χ1) is 13.8. The molecule has 1 saturated heterocycles. The maximum atomic E-state index is 10.9. The second-order valence-electron chi connectivity index (χ2n) is 7.96. The fraction of sp³-hybridized carbons (Fsp3) is 0.524. The molecule has 2 aliphatic rings. The molecular weight excluding hydrogens is 372 g/mol. The van der Waals surface area contributed by atoms with Crippen LogP contribution in [0.1, 0.15) is 32.3 Å². The molecule has 1 aliphatic heterocycles. The lowest BCUT2D eigenvalue weighted by molar-refractivity contribution is -0.424. The maximum absolute atomic E-state index is 10.9. The molecule has 1 unspecified atom stereocenters. The number of nitrogens with zero attached hydrogens (tertiary/aromatic N) is 4. The van der Waals surface area contributed by atoms with Crippen molar-refractivity contribution in [3.05, 3.63) is 73.0 Å². The van der Waals surface area contributed by atoms with E-state index in [9.17, 15) is 20.2 Å². The van der Waals surface area contributed by atoms with Crippen LogP contribution in [0.3, 0.4) is 0 Å². The zero-order valence-corrected chi connectivity index (χ0v) is 17.0. The van der Waals surface area contributed by atoms with E-state index in [0.717, 1.165) is 63.1 Å². The van der Waals surface area contributed by atoms with E-state index in [0.29, 0.717) is 6.04 Å². The summed E-state index contributed by atoms with van der Waals surface area (Å²) in [6.45, 7) is 8.59.